The van der Waals surface area contributed by atoms with Gasteiger partial charge in [-0.3, -0.25) is 9.59 Å². The number of nitrogens with one attached hydrogen (secondary N) is 1. The average molecular weight is 492 g/mol. The van der Waals surface area contributed by atoms with Gasteiger partial charge in [0.25, 0.3) is 5.91 Å². The molecule has 1 saturated heterocycles. The maximum absolute atomic E-state index is 13.2. The predicted octanol–water partition coefficient (Wildman–Crippen LogP) is 2.49. The highest BCUT2D eigenvalue weighted by Gasteiger charge is 2.41. The third-order valence-corrected chi connectivity index (χ3v) is 7.66. The van der Waals surface area contributed by atoms with Gasteiger partial charge in [-0.1, -0.05) is 13.8 Å². The summed E-state index contributed by atoms with van der Waals surface area (Å²) in [5, 5.41) is 3.00. The van der Waals surface area contributed by atoms with Gasteiger partial charge < -0.3 is 19.5 Å². The summed E-state index contributed by atoms with van der Waals surface area (Å²) in [6, 6.07) is 8.26. The Kier molecular flexibility index (Phi) is 7.68. The van der Waals surface area contributed by atoms with Crippen LogP contribution in [0.4, 0.5) is 11.4 Å². The molecule has 1 heterocycles. The predicted molar refractivity (Wildman–Crippen MR) is 127 cm³/mol. The van der Waals surface area contributed by atoms with Crippen LogP contribution in [-0.2, 0) is 19.6 Å². The molecule has 2 aromatic rings. The summed E-state index contributed by atoms with van der Waals surface area (Å²) in [5.41, 5.74) is 0.595. The molecule has 0 radical (unpaired) electrons. The topological polar surface area (TPSA) is 114 Å². The van der Waals surface area contributed by atoms with Gasteiger partial charge in [-0.25, -0.2) is 13.3 Å². The van der Waals surface area contributed by atoms with E-state index in [1.807, 2.05) is 0 Å². The van der Waals surface area contributed by atoms with Crippen molar-refractivity contribution in [3.05, 3.63) is 36.4 Å². The van der Waals surface area contributed by atoms with E-state index in [1.165, 1.54) is 43.8 Å². The normalized spacial score (nSPS) is 16.2. The van der Waals surface area contributed by atoms with Crippen LogP contribution in [0.1, 0.15) is 20.3 Å². The maximum Gasteiger partial charge on any atom is 0.256 e. The van der Waals surface area contributed by atoms with Crippen LogP contribution < -0.4 is 24.4 Å². The van der Waals surface area contributed by atoms with Crippen LogP contribution >= 0.6 is 0 Å². The van der Waals surface area contributed by atoms with Crippen LogP contribution in [0.15, 0.2) is 41.3 Å². The lowest BCUT2D eigenvalue weighted by molar-refractivity contribution is -0.121. The summed E-state index contributed by atoms with van der Waals surface area (Å²) in [4.78, 5) is 27.1. The Morgan fingerprint density at radius 2 is 1.65 bits per heavy atom. The first-order chi connectivity index (χ1) is 16.2. The number of carbonyl (C=O) groups is 2. The Bertz CT molecular complexity index is 1180. The Morgan fingerprint density at radius 3 is 2.24 bits per heavy atom. The summed E-state index contributed by atoms with van der Waals surface area (Å²) in [6.45, 7) is 4.16. The lowest BCUT2D eigenvalue weighted by Gasteiger charge is -2.21. The molecule has 1 N–H and O–H groups in total. The molecule has 11 heteroatoms. The molecular weight excluding hydrogens is 462 g/mol. The lowest BCUT2D eigenvalue weighted by Crippen LogP contribution is -2.35. The van der Waals surface area contributed by atoms with Crippen LogP contribution in [0.2, 0.25) is 0 Å². The quantitative estimate of drug-likeness (QED) is 0.504. The van der Waals surface area contributed by atoms with Gasteiger partial charge in [0.15, 0.2) is 0 Å². The van der Waals surface area contributed by atoms with Crippen LogP contribution in [-0.4, -0.2) is 65.0 Å². The standard InChI is InChI=1S/C23H29N3O7S/c1-6-25(7-2)34(29,30)16-9-11-20(32-4)17(13-16)24-18-14-22(27)26(23(18)28)19-10-8-15(31-3)12-21(19)33-5/h8-13,18,24H,6-7,14H2,1-5H3/t18-/m0/s1. The molecule has 10 nitrogen and oxygen atoms in total. The summed E-state index contributed by atoms with van der Waals surface area (Å²) in [5.74, 6) is 0.264. The van der Waals surface area contributed by atoms with E-state index in [4.69, 9.17) is 14.2 Å². The van der Waals surface area contributed by atoms with Gasteiger partial charge in [-0.15, -0.1) is 0 Å². The number of rotatable bonds is 10. The molecule has 0 saturated carbocycles. The van der Waals surface area contributed by atoms with Gasteiger partial charge in [-0.05, 0) is 30.3 Å². The molecule has 0 aromatic heterocycles. The van der Waals surface area contributed by atoms with Crippen molar-refractivity contribution in [3.8, 4) is 17.2 Å². The van der Waals surface area contributed by atoms with Crippen molar-refractivity contribution in [2.24, 2.45) is 0 Å². The molecule has 34 heavy (non-hydrogen) atoms. The van der Waals surface area contributed by atoms with Crippen molar-refractivity contribution in [2.45, 2.75) is 31.2 Å². The van der Waals surface area contributed by atoms with Gasteiger partial charge in [0.2, 0.25) is 15.9 Å². The number of imide groups is 1. The molecule has 3 rings (SSSR count). The van der Waals surface area contributed by atoms with Crippen molar-refractivity contribution in [3.63, 3.8) is 0 Å². The number of benzene rings is 2. The van der Waals surface area contributed by atoms with E-state index in [9.17, 15) is 18.0 Å². The number of ether oxygens (including phenoxy) is 3. The van der Waals surface area contributed by atoms with Crippen molar-refractivity contribution < 1.29 is 32.2 Å². The monoisotopic (exact) mass is 491 g/mol. The fourth-order valence-electron chi connectivity index (χ4n) is 3.83. The zero-order valence-corrected chi connectivity index (χ0v) is 20.6. The van der Waals surface area contributed by atoms with Gasteiger partial charge in [-0.2, -0.15) is 4.31 Å². The molecular formula is C23H29N3O7S. The van der Waals surface area contributed by atoms with E-state index in [-0.39, 0.29) is 11.3 Å². The SMILES string of the molecule is CCN(CC)S(=O)(=O)c1ccc(OC)c(N[C@H]2CC(=O)N(c3ccc(OC)cc3OC)C2=O)c1. The summed E-state index contributed by atoms with van der Waals surface area (Å²) < 4.78 is 43.1. The Balaban J connectivity index is 1.93. The molecule has 0 bridgehead atoms. The zero-order chi connectivity index (χ0) is 25.0. The number of amides is 2. The smallest absolute Gasteiger partial charge is 0.256 e. The fraction of sp³-hybridized carbons (Fsp3) is 0.391. The number of hydrogen-bond donors (Lipinski definition) is 1. The second kappa shape index (κ2) is 10.3. The van der Waals surface area contributed by atoms with E-state index in [1.54, 1.807) is 32.0 Å². The van der Waals surface area contributed by atoms with Crippen LogP contribution in [0.3, 0.4) is 0 Å². The van der Waals surface area contributed by atoms with Gasteiger partial charge >= 0.3 is 0 Å². The molecule has 0 aliphatic carbocycles. The van der Waals surface area contributed by atoms with E-state index < -0.39 is 27.9 Å². The number of sulfonamides is 1. The highest BCUT2D eigenvalue weighted by Crippen LogP contribution is 2.37. The zero-order valence-electron chi connectivity index (χ0n) is 19.8. The van der Waals surface area contributed by atoms with E-state index in [2.05, 4.69) is 5.32 Å². The summed E-state index contributed by atoms with van der Waals surface area (Å²) in [6.07, 6.45) is -0.121. The minimum atomic E-state index is -3.73. The molecule has 1 aliphatic rings. The second-order valence-electron chi connectivity index (χ2n) is 7.46. The maximum atomic E-state index is 13.2. The first kappa shape index (κ1) is 25.3. The Hall–Kier alpha value is -3.31. The molecule has 0 unspecified atom stereocenters. The number of carbonyl (C=O) groups excluding carboxylic acids is 2. The van der Waals surface area contributed by atoms with Crippen LogP contribution in [0, 0.1) is 0 Å². The molecule has 184 valence electrons. The third-order valence-electron chi connectivity index (χ3n) is 5.62. The number of hydrogen-bond acceptors (Lipinski definition) is 8. The largest absolute Gasteiger partial charge is 0.497 e. The van der Waals surface area contributed by atoms with Gasteiger partial charge in [0, 0.05) is 19.2 Å². The van der Waals surface area contributed by atoms with Crippen molar-refractivity contribution in [1.29, 1.82) is 0 Å². The summed E-state index contributed by atoms with van der Waals surface area (Å²) >= 11 is 0. The number of methoxy groups -OCH3 is 3. The van der Waals surface area contributed by atoms with Crippen molar-refractivity contribution >= 4 is 33.2 Å². The second-order valence-corrected chi connectivity index (χ2v) is 9.40. The molecule has 0 spiro atoms. The minimum absolute atomic E-state index is 0.0601. The number of anilines is 2. The first-order valence-corrected chi connectivity index (χ1v) is 12.2. The first-order valence-electron chi connectivity index (χ1n) is 10.7. The Labute approximate surface area is 199 Å². The highest BCUT2D eigenvalue weighted by molar-refractivity contribution is 7.89. The molecule has 1 atom stereocenters. The number of nitrogens with zero attached hydrogens (tertiary/aromatic N) is 2. The molecule has 1 fully saturated rings. The highest BCUT2D eigenvalue weighted by atomic mass is 32.2. The van der Waals surface area contributed by atoms with E-state index >= 15 is 0 Å². The van der Waals surface area contributed by atoms with Gasteiger partial charge in [0.05, 0.1) is 44.0 Å². The van der Waals surface area contributed by atoms with E-state index in [0.29, 0.717) is 41.7 Å². The molecule has 1 aliphatic heterocycles. The Morgan fingerprint density at radius 1 is 0.971 bits per heavy atom. The lowest BCUT2D eigenvalue weighted by atomic mass is 10.2. The van der Waals surface area contributed by atoms with Crippen LogP contribution in [0.25, 0.3) is 0 Å². The van der Waals surface area contributed by atoms with Crippen LogP contribution in [0.5, 0.6) is 17.2 Å². The average Bonchev–Trinajstić information content (AvgIpc) is 3.11. The fourth-order valence-corrected chi connectivity index (χ4v) is 5.31. The molecule has 2 amide bonds. The third kappa shape index (κ3) is 4.66. The van der Waals surface area contributed by atoms with Crippen molar-refractivity contribution in [1.82, 2.24) is 4.31 Å². The van der Waals surface area contributed by atoms with E-state index in [0.717, 1.165) is 4.90 Å². The molecule has 2 aromatic carbocycles. The summed E-state index contributed by atoms with van der Waals surface area (Å²) in [7, 11) is 0.650. The van der Waals surface area contributed by atoms with Gasteiger partial charge in [0.1, 0.15) is 23.3 Å². The van der Waals surface area contributed by atoms with Crippen molar-refractivity contribution in [2.75, 3.05) is 44.6 Å². The minimum Gasteiger partial charge on any atom is -0.497 e.